The Balaban J connectivity index is 1.58. The van der Waals surface area contributed by atoms with Crippen LogP contribution in [0, 0.1) is 5.95 Å². The summed E-state index contributed by atoms with van der Waals surface area (Å²) in [5, 5.41) is 0. The van der Waals surface area contributed by atoms with E-state index in [0.29, 0.717) is 55.6 Å². The maximum atomic E-state index is 13.8. The fourth-order valence-electron chi connectivity index (χ4n) is 4.42. The summed E-state index contributed by atoms with van der Waals surface area (Å²) in [6.45, 7) is 4.71. The molecule has 8 nitrogen and oxygen atoms in total. The van der Waals surface area contributed by atoms with E-state index in [2.05, 4.69) is 19.8 Å². The number of halogens is 1. The number of amidine groups is 1. The number of hydrogen-bond acceptors (Lipinski definition) is 8. The standard InChI is InChI=1S/C20H24FN7O/c1-13-23-15-4-2-3-5-16(15)28(13)20-25-18(14-6-7-22-17(21)12-14)24-19(26-20)27-8-10-29-11-9-27/h6-7,12,15-16H,2-5,8-11H2,1H3. The molecule has 29 heavy (non-hydrogen) atoms. The predicted octanol–water partition coefficient (Wildman–Crippen LogP) is 2.46. The number of hydrogen-bond donors (Lipinski definition) is 0. The minimum atomic E-state index is -0.552. The summed E-state index contributed by atoms with van der Waals surface area (Å²) in [7, 11) is 0. The molecule has 152 valence electrons. The van der Waals surface area contributed by atoms with Crippen LogP contribution in [0.5, 0.6) is 0 Å². The quantitative estimate of drug-likeness (QED) is 0.736. The molecule has 2 fully saturated rings. The predicted molar refractivity (Wildman–Crippen MR) is 108 cm³/mol. The first kappa shape index (κ1) is 18.4. The zero-order valence-corrected chi connectivity index (χ0v) is 16.5. The summed E-state index contributed by atoms with van der Waals surface area (Å²) < 4.78 is 19.2. The molecule has 5 rings (SSSR count). The zero-order chi connectivity index (χ0) is 19.8. The molecule has 0 amide bonds. The van der Waals surface area contributed by atoms with Gasteiger partial charge in [0, 0.05) is 30.9 Å². The Bertz CT molecular complexity index is 931. The molecule has 0 aromatic carbocycles. The summed E-state index contributed by atoms with van der Waals surface area (Å²) in [5.41, 5.74) is 0.588. The molecule has 2 unspecified atom stereocenters. The topological polar surface area (TPSA) is 79.6 Å². The van der Waals surface area contributed by atoms with Crippen LogP contribution in [-0.4, -0.2) is 64.2 Å². The first-order chi connectivity index (χ1) is 14.2. The van der Waals surface area contributed by atoms with Gasteiger partial charge in [-0.3, -0.25) is 9.89 Å². The van der Waals surface area contributed by atoms with E-state index in [0.717, 1.165) is 18.7 Å². The van der Waals surface area contributed by atoms with Crippen molar-refractivity contribution in [3.63, 3.8) is 0 Å². The van der Waals surface area contributed by atoms with Crippen LogP contribution in [0.1, 0.15) is 32.6 Å². The van der Waals surface area contributed by atoms with Crippen LogP contribution in [0.2, 0.25) is 0 Å². The van der Waals surface area contributed by atoms with Crippen molar-refractivity contribution in [3.8, 4) is 11.4 Å². The van der Waals surface area contributed by atoms with Gasteiger partial charge in [-0.1, -0.05) is 12.8 Å². The number of fused-ring (bicyclic) bond motifs is 1. The molecule has 4 heterocycles. The molecule has 2 aromatic heterocycles. The number of morpholine rings is 1. The van der Waals surface area contributed by atoms with Gasteiger partial charge < -0.3 is 9.64 Å². The number of nitrogens with zero attached hydrogens (tertiary/aromatic N) is 7. The first-order valence-corrected chi connectivity index (χ1v) is 10.2. The molecule has 1 saturated heterocycles. The van der Waals surface area contributed by atoms with Crippen molar-refractivity contribution in [1.82, 2.24) is 19.9 Å². The minimum Gasteiger partial charge on any atom is -0.378 e. The van der Waals surface area contributed by atoms with Gasteiger partial charge in [-0.2, -0.15) is 19.3 Å². The highest BCUT2D eigenvalue weighted by Gasteiger charge is 2.38. The maximum Gasteiger partial charge on any atom is 0.236 e. The number of pyridine rings is 1. The summed E-state index contributed by atoms with van der Waals surface area (Å²) in [6.07, 6.45) is 6.00. The van der Waals surface area contributed by atoms with Crippen LogP contribution in [-0.2, 0) is 4.74 Å². The molecular weight excluding hydrogens is 373 g/mol. The average Bonchev–Trinajstić information content (AvgIpc) is 3.10. The van der Waals surface area contributed by atoms with E-state index in [1.54, 1.807) is 6.07 Å². The number of aromatic nitrogens is 4. The third-order valence-electron chi connectivity index (χ3n) is 5.83. The van der Waals surface area contributed by atoms with Gasteiger partial charge in [-0.15, -0.1) is 0 Å². The van der Waals surface area contributed by atoms with E-state index in [1.807, 2.05) is 6.92 Å². The molecule has 0 spiro atoms. The number of anilines is 2. The first-order valence-electron chi connectivity index (χ1n) is 10.2. The average molecular weight is 397 g/mol. The molecule has 0 bridgehead atoms. The highest BCUT2D eigenvalue weighted by molar-refractivity contribution is 5.97. The fraction of sp³-hybridized carbons (Fsp3) is 0.550. The molecule has 1 saturated carbocycles. The molecular formula is C20H24FN7O. The Morgan fingerprint density at radius 3 is 2.69 bits per heavy atom. The summed E-state index contributed by atoms with van der Waals surface area (Å²) in [4.78, 5) is 27.0. The van der Waals surface area contributed by atoms with Crippen LogP contribution in [0.25, 0.3) is 11.4 Å². The molecule has 1 aliphatic carbocycles. The van der Waals surface area contributed by atoms with Crippen molar-refractivity contribution in [2.24, 2.45) is 4.99 Å². The van der Waals surface area contributed by atoms with E-state index >= 15 is 0 Å². The second-order valence-electron chi connectivity index (χ2n) is 7.69. The lowest BCUT2D eigenvalue weighted by Gasteiger charge is -2.32. The Kier molecular flexibility index (Phi) is 4.83. The SMILES string of the molecule is CC1=NC2CCCCC2N1c1nc(-c2ccnc(F)c2)nc(N2CCOCC2)n1. The van der Waals surface area contributed by atoms with Gasteiger partial charge in [0.15, 0.2) is 5.82 Å². The van der Waals surface area contributed by atoms with E-state index in [4.69, 9.17) is 19.7 Å². The normalized spacial score (nSPS) is 24.4. The van der Waals surface area contributed by atoms with Crippen molar-refractivity contribution in [3.05, 3.63) is 24.3 Å². The van der Waals surface area contributed by atoms with E-state index in [1.165, 1.54) is 25.1 Å². The van der Waals surface area contributed by atoms with Crippen LogP contribution in [0.15, 0.2) is 23.3 Å². The molecule has 2 aromatic rings. The third kappa shape index (κ3) is 3.55. The van der Waals surface area contributed by atoms with Gasteiger partial charge in [0.2, 0.25) is 17.8 Å². The molecule has 3 aliphatic rings. The number of rotatable bonds is 3. The van der Waals surface area contributed by atoms with Gasteiger partial charge in [0.1, 0.15) is 5.84 Å². The van der Waals surface area contributed by atoms with Crippen molar-refractivity contribution < 1.29 is 9.13 Å². The van der Waals surface area contributed by atoms with Crippen molar-refractivity contribution in [2.75, 3.05) is 36.1 Å². The van der Waals surface area contributed by atoms with Crippen LogP contribution in [0.3, 0.4) is 0 Å². The van der Waals surface area contributed by atoms with E-state index in [9.17, 15) is 4.39 Å². The third-order valence-corrected chi connectivity index (χ3v) is 5.83. The second-order valence-corrected chi connectivity index (χ2v) is 7.69. The van der Waals surface area contributed by atoms with Gasteiger partial charge >= 0.3 is 0 Å². The summed E-state index contributed by atoms with van der Waals surface area (Å²) in [5.74, 6) is 2.02. The lowest BCUT2D eigenvalue weighted by Crippen LogP contribution is -2.42. The summed E-state index contributed by atoms with van der Waals surface area (Å²) >= 11 is 0. The van der Waals surface area contributed by atoms with Gasteiger partial charge in [0.05, 0.1) is 25.3 Å². The van der Waals surface area contributed by atoms with Crippen molar-refractivity contribution >= 4 is 17.7 Å². The second kappa shape index (κ2) is 7.62. The molecule has 0 radical (unpaired) electrons. The zero-order valence-electron chi connectivity index (χ0n) is 16.5. The van der Waals surface area contributed by atoms with Gasteiger partial charge in [-0.05, 0) is 25.8 Å². The lowest BCUT2D eigenvalue weighted by molar-refractivity contribution is 0.122. The van der Waals surface area contributed by atoms with Gasteiger partial charge in [0.25, 0.3) is 0 Å². The van der Waals surface area contributed by atoms with E-state index < -0.39 is 5.95 Å². The van der Waals surface area contributed by atoms with Gasteiger partial charge in [-0.25, -0.2) is 4.98 Å². The Morgan fingerprint density at radius 1 is 1.07 bits per heavy atom. The molecule has 2 aliphatic heterocycles. The maximum absolute atomic E-state index is 13.8. The molecule has 0 N–H and O–H groups in total. The number of aliphatic imine (C=N–C) groups is 1. The fourth-order valence-corrected chi connectivity index (χ4v) is 4.42. The van der Waals surface area contributed by atoms with Crippen LogP contribution in [0.4, 0.5) is 16.3 Å². The molecule has 2 atom stereocenters. The molecule has 9 heteroatoms. The highest BCUT2D eigenvalue weighted by Crippen LogP contribution is 2.34. The highest BCUT2D eigenvalue weighted by atomic mass is 19.1. The largest absolute Gasteiger partial charge is 0.378 e. The van der Waals surface area contributed by atoms with E-state index in [-0.39, 0.29) is 6.04 Å². The Hall–Kier alpha value is -2.68. The Morgan fingerprint density at radius 2 is 1.86 bits per heavy atom. The minimum absolute atomic E-state index is 0.283. The smallest absolute Gasteiger partial charge is 0.236 e. The van der Waals surface area contributed by atoms with Crippen LogP contribution < -0.4 is 9.80 Å². The summed E-state index contributed by atoms with van der Waals surface area (Å²) in [6, 6.07) is 3.66. The monoisotopic (exact) mass is 397 g/mol. The van der Waals surface area contributed by atoms with Crippen molar-refractivity contribution in [1.29, 1.82) is 0 Å². The Labute approximate surface area is 168 Å². The lowest BCUT2D eigenvalue weighted by atomic mass is 9.91. The number of ether oxygens (including phenoxy) is 1. The van der Waals surface area contributed by atoms with Crippen molar-refractivity contribution in [2.45, 2.75) is 44.7 Å². The van der Waals surface area contributed by atoms with Crippen LogP contribution >= 0.6 is 0 Å².